The zero-order valence-corrected chi connectivity index (χ0v) is 18.3. The smallest absolute Gasteiger partial charge is 0.342 e. The Morgan fingerprint density at radius 1 is 0.912 bits per heavy atom. The number of fused-ring (bicyclic) bond motifs is 1. The highest BCUT2D eigenvalue weighted by molar-refractivity contribution is 5.99. The Hall–Kier alpha value is -4.20. The molecular formula is C26H23FN2O5. The number of amides is 2. The Morgan fingerprint density at radius 3 is 2.50 bits per heavy atom. The van der Waals surface area contributed by atoms with E-state index in [1.165, 1.54) is 30.3 Å². The van der Waals surface area contributed by atoms with Crippen LogP contribution in [0.2, 0.25) is 0 Å². The molecule has 3 aromatic rings. The fraction of sp³-hybridized carbons (Fsp3) is 0.192. The van der Waals surface area contributed by atoms with Crippen LogP contribution in [-0.2, 0) is 20.7 Å². The van der Waals surface area contributed by atoms with E-state index in [0.29, 0.717) is 6.54 Å². The SMILES string of the molecule is O=C(COc1ccccc1C(=O)OCC(=O)N1CCCc2ccccc21)Nc1ccccc1F. The molecule has 1 aliphatic heterocycles. The van der Waals surface area contributed by atoms with Crippen LogP contribution in [0.25, 0.3) is 0 Å². The van der Waals surface area contributed by atoms with Crippen LogP contribution in [-0.4, -0.2) is 37.5 Å². The van der Waals surface area contributed by atoms with Gasteiger partial charge in [-0.2, -0.15) is 0 Å². The average molecular weight is 462 g/mol. The van der Waals surface area contributed by atoms with Gasteiger partial charge in [0.05, 0.1) is 5.69 Å². The van der Waals surface area contributed by atoms with Crippen molar-refractivity contribution >= 4 is 29.2 Å². The second kappa shape index (κ2) is 10.6. The summed E-state index contributed by atoms with van der Waals surface area (Å²) in [4.78, 5) is 39.2. The molecule has 1 heterocycles. The molecule has 0 atom stereocenters. The number of hydrogen-bond donors (Lipinski definition) is 1. The Balaban J connectivity index is 1.35. The number of aryl methyl sites for hydroxylation is 1. The van der Waals surface area contributed by atoms with Gasteiger partial charge in [-0.1, -0.05) is 42.5 Å². The van der Waals surface area contributed by atoms with E-state index in [4.69, 9.17) is 9.47 Å². The first kappa shape index (κ1) is 23.0. The topological polar surface area (TPSA) is 84.9 Å². The number of hydrogen-bond acceptors (Lipinski definition) is 5. The minimum absolute atomic E-state index is 0.0293. The predicted octanol–water partition coefficient (Wildman–Crippen LogP) is 3.98. The van der Waals surface area contributed by atoms with E-state index in [9.17, 15) is 18.8 Å². The molecule has 1 N–H and O–H groups in total. The number of nitrogens with zero attached hydrogens (tertiary/aromatic N) is 1. The molecule has 0 fully saturated rings. The highest BCUT2D eigenvalue weighted by Crippen LogP contribution is 2.27. The van der Waals surface area contributed by atoms with Crippen molar-refractivity contribution in [3.05, 3.63) is 89.7 Å². The number of esters is 1. The van der Waals surface area contributed by atoms with Crippen LogP contribution in [0, 0.1) is 5.82 Å². The maximum Gasteiger partial charge on any atom is 0.342 e. The van der Waals surface area contributed by atoms with Gasteiger partial charge in [0.15, 0.2) is 13.2 Å². The molecule has 8 heteroatoms. The monoisotopic (exact) mass is 462 g/mol. The van der Waals surface area contributed by atoms with Gasteiger partial charge in [-0.3, -0.25) is 9.59 Å². The van der Waals surface area contributed by atoms with Gasteiger partial charge in [0.2, 0.25) is 0 Å². The summed E-state index contributed by atoms with van der Waals surface area (Å²) >= 11 is 0. The normalized spacial score (nSPS) is 12.4. The number of halogens is 1. The highest BCUT2D eigenvalue weighted by atomic mass is 19.1. The first-order valence-corrected chi connectivity index (χ1v) is 10.8. The second-order valence-corrected chi connectivity index (χ2v) is 7.67. The van der Waals surface area contributed by atoms with Crippen molar-refractivity contribution in [2.75, 3.05) is 30.0 Å². The lowest BCUT2D eigenvalue weighted by molar-refractivity contribution is -0.121. The van der Waals surface area contributed by atoms with E-state index in [1.807, 2.05) is 24.3 Å². The summed E-state index contributed by atoms with van der Waals surface area (Å²) in [5.41, 5.74) is 2.02. The summed E-state index contributed by atoms with van der Waals surface area (Å²) in [5.74, 6) is -2.10. The van der Waals surface area contributed by atoms with Gasteiger partial charge in [0.1, 0.15) is 17.1 Å². The van der Waals surface area contributed by atoms with Crippen molar-refractivity contribution in [2.24, 2.45) is 0 Å². The first-order valence-electron chi connectivity index (χ1n) is 10.8. The number of ether oxygens (including phenoxy) is 2. The van der Waals surface area contributed by atoms with Crippen molar-refractivity contribution in [1.29, 1.82) is 0 Å². The number of nitrogens with one attached hydrogen (secondary N) is 1. The third kappa shape index (κ3) is 5.40. The maximum absolute atomic E-state index is 13.7. The summed E-state index contributed by atoms with van der Waals surface area (Å²) < 4.78 is 24.4. The van der Waals surface area contributed by atoms with E-state index in [1.54, 1.807) is 23.1 Å². The van der Waals surface area contributed by atoms with E-state index < -0.39 is 30.9 Å². The minimum Gasteiger partial charge on any atom is -0.483 e. The zero-order valence-electron chi connectivity index (χ0n) is 18.3. The maximum atomic E-state index is 13.7. The molecule has 0 spiro atoms. The lowest BCUT2D eigenvalue weighted by Gasteiger charge is -2.29. The van der Waals surface area contributed by atoms with E-state index in [0.717, 1.165) is 24.1 Å². The number of para-hydroxylation sites is 3. The standard InChI is InChI=1S/C26H23FN2O5/c27-20-11-3-4-12-21(20)28-24(30)16-33-23-14-6-2-10-19(23)26(32)34-17-25(31)29-15-7-9-18-8-1-5-13-22(18)29/h1-6,8,10-14H,7,9,15-17H2,(H,28,30). The molecule has 4 rings (SSSR count). The predicted molar refractivity (Wildman–Crippen MR) is 124 cm³/mol. The number of anilines is 2. The van der Waals surface area contributed by atoms with Gasteiger partial charge in [-0.05, 0) is 48.7 Å². The average Bonchev–Trinajstić information content (AvgIpc) is 2.87. The quantitative estimate of drug-likeness (QED) is 0.537. The lowest BCUT2D eigenvalue weighted by atomic mass is 10.0. The Morgan fingerprint density at radius 2 is 1.65 bits per heavy atom. The third-order valence-corrected chi connectivity index (χ3v) is 5.35. The van der Waals surface area contributed by atoms with E-state index >= 15 is 0 Å². The molecule has 7 nitrogen and oxygen atoms in total. The van der Waals surface area contributed by atoms with Crippen molar-refractivity contribution < 1.29 is 28.2 Å². The molecule has 2 amide bonds. The van der Waals surface area contributed by atoms with Crippen LogP contribution >= 0.6 is 0 Å². The van der Waals surface area contributed by atoms with Crippen molar-refractivity contribution in [3.63, 3.8) is 0 Å². The number of carbonyl (C=O) groups excluding carboxylic acids is 3. The van der Waals surface area contributed by atoms with Gasteiger partial charge in [0.25, 0.3) is 11.8 Å². The molecular weight excluding hydrogens is 439 g/mol. The van der Waals surface area contributed by atoms with Crippen LogP contribution in [0.1, 0.15) is 22.3 Å². The summed E-state index contributed by atoms with van der Waals surface area (Å²) in [6.07, 6.45) is 1.73. The molecule has 34 heavy (non-hydrogen) atoms. The molecule has 174 valence electrons. The fourth-order valence-electron chi connectivity index (χ4n) is 3.73. The number of benzene rings is 3. The van der Waals surface area contributed by atoms with Crippen LogP contribution < -0.4 is 15.0 Å². The molecule has 0 aromatic heterocycles. The van der Waals surface area contributed by atoms with Crippen molar-refractivity contribution in [2.45, 2.75) is 12.8 Å². The molecule has 0 aliphatic carbocycles. The molecule has 0 radical (unpaired) electrons. The van der Waals surface area contributed by atoms with Crippen molar-refractivity contribution in [3.8, 4) is 5.75 Å². The van der Waals surface area contributed by atoms with Gasteiger partial charge in [0, 0.05) is 12.2 Å². The van der Waals surface area contributed by atoms with E-state index in [-0.39, 0.29) is 22.9 Å². The Labute approximate surface area is 196 Å². The van der Waals surface area contributed by atoms with Crippen LogP contribution in [0.15, 0.2) is 72.8 Å². The number of carbonyl (C=O) groups is 3. The van der Waals surface area contributed by atoms with E-state index in [2.05, 4.69) is 5.32 Å². The molecule has 0 unspecified atom stereocenters. The van der Waals surface area contributed by atoms with Crippen LogP contribution in [0.5, 0.6) is 5.75 Å². The summed E-state index contributed by atoms with van der Waals surface area (Å²) in [7, 11) is 0. The Bertz CT molecular complexity index is 1210. The summed E-state index contributed by atoms with van der Waals surface area (Å²) in [6, 6.07) is 19.7. The summed E-state index contributed by atoms with van der Waals surface area (Å²) in [6.45, 7) is -0.304. The highest BCUT2D eigenvalue weighted by Gasteiger charge is 2.24. The molecule has 0 bridgehead atoms. The third-order valence-electron chi connectivity index (χ3n) is 5.35. The molecule has 3 aromatic carbocycles. The van der Waals surface area contributed by atoms with Crippen LogP contribution in [0.4, 0.5) is 15.8 Å². The van der Waals surface area contributed by atoms with Gasteiger partial charge < -0.3 is 19.7 Å². The summed E-state index contributed by atoms with van der Waals surface area (Å²) in [5, 5.41) is 2.41. The minimum atomic E-state index is -0.747. The Kier molecular flexibility index (Phi) is 7.17. The number of rotatable bonds is 7. The first-order chi connectivity index (χ1) is 16.5. The lowest BCUT2D eigenvalue weighted by Crippen LogP contribution is -2.38. The van der Waals surface area contributed by atoms with Crippen molar-refractivity contribution in [1.82, 2.24) is 0 Å². The van der Waals surface area contributed by atoms with Gasteiger partial charge in [-0.25, -0.2) is 9.18 Å². The molecule has 1 aliphatic rings. The van der Waals surface area contributed by atoms with Crippen LogP contribution in [0.3, 0.4) is 0 Å². The van der Waals surface area contributed by atoms with Gasteiger partial charge in [-0.15, -0.1) is 0 Å². The largest absolute Gasteiger partial charge is 0.483 e. The zero-order chi connectivity index (χ0) is 23.9. The molecule has 0 saturated heterocycles. The molecule has 0 saturated carbocycles. The second-order valence-electron chi connectivity index (χ2n) is 7.67. The fourth-order valence-corrected chi connectivity index (χ4v) is 3.73. The van der Waals surface area contributed by atoms with Gasteiger partial charge >= 0.3 is 5.97 Å².